The van der Waals surface area contributed by atoms with Gasteiger partial charge in [0.05, 0.1) is 11.9 Å². The van der Waals surface area contributed by atoms with Gasteiger partial charge in [-0.3, -0.25) is 0 Å². The van der Waals surface area contributed by atoms with Crippen LogP contribution in [0.4, 0.5) is 17.1 Å². The number of rotatable bonds is 4. The molecule has 3 nitrogen and oxygen atoms in total. The maximum absolute atomic E-state index is 6.46. The average Bonchev–Trinajstić information content (AvgIpc) is 3.55. The molecule has 6 aromatic carbocycles. The number of furan rings is 1. The molecule has 214 valence electrons. The van der Waals surface area contributed by atoms with E-state index in [4.69, 9.17) is 9.40 Å². The molecule has 8 aromatic rings. The second-order valence-corrected chi connectivity index (χ2v) is 12.5. The second kappa shape index (κ2) is 9.67. The Hall–Kier alpha value is -5.67. The fraction of sp³-hybridized carbons (Fsp3) is 0.0714. The predicted molar refractivity (Wildman–Crippen MR) is 187 cm³/mol. The van der Waals surface area contributed by atoms with Crippen LogP contribution in [0.5, 0.6) is 0 Å². The average molecular weight is 579 g/mol. The Bertz CT molecular complexity index is 2400. The molecule has 0 amide bonds. The Balaban J connectivity index is 1.22. The smallest absolute Gasteiger partial charge is 0.155 e. The zero-order chi connectivity index (χ0) is 30.1. The molecule has 3 heteroatoms. The third kappa shape index (κ3) is 4.01. The number of hydrogen-bond donors (Lipinski definition) is 0. The molecule has 0 fully saturated rings. The van der Waals surface area contributed by atoms with Gasteiger partial charge in [-0.25, -0.2) is 4.98 Å². The van der Waals surface area contributed by atoms with Crippen LogP contribution in [0.2, 0.25) is 0 Å². The summed E-state index contributed by atoms with van der Waals surface area (Å²) in [5, 5.41) is 3.37. The lowest BCUT2D eigenvalue weighted by Crippen LogP contribution is -2.16. The maximum atomic E-state index is 6.46. The molecule has 0 aliphatic heterocycles. The minimum atomic E-state index is -0.103. The minimum absolute atomic E-state index is 0.103. The molecular formula is C42H30N2O. The standard InChI is InChI=1S/C42H30N2O/c1-42(2)37-15-9-8-14-34(37)35-21-20-32(24-38(35)42)44(31-18-16-28(17-19-31)27-10-4-3-5-11-27)33-25-40-41(43-26-33)36-22-29-12-6-7-13-30(29)23-39(36)45-40/h3-26H,1-2H3. The van der Waals surface area contributed by atoms with Crippen LogP contribution in [-0.4, -0.2) is 4.98 Å². The van der Waals surface area contributed by atoms with E-state index >= 15 is 0 Å². The van der Waals surface area contributed by atoms with Crippen LogP contribution in [-0.2, 0) is 5.41 Å². The first-order chi connectivity index (χ1) is 22.0. The number of hydrogen-bond acceptors (Lipinski definition) is 3. The zero-order valence-electron chi connectivity index (χ0n) is 25.2. The molecule has 0 unspecified atom stereocenters. The van der Waals surface area contributed by atoms with Crippen molar-refractivity contribution in [2.24, 2.45) is 0 Å². The van der Waals surface area contributed by atoms with E-state index in [-0.39, 0.29) is 5.41 Å². The van der Waals surface area contributed by atoms with Gasteiger partial charge in [0.2, 0.25) is 0 Å². The van der Waals surface area contributed by atoms with Crippen LogP contribution in [0.1, 0.15) is 25.0 Å². The molecule has 0 atom stereocenters. The molecule has 0 saturated heterocycles. The monoisotopic (exact) mass is 578 g/mol. The van der Waals surface area contributed by atoms with Gasteiger partial charge in [-0.15, -0.1) is 0 Å². The Kier molecular flexibility index (Phi) is 5.54. The van der Waals surface area contributed by atoms with Crippen LogP contribution < -0.4 is 4.90 Å². The quantitative estimate of drug-likeness (QED) is 0.208. The highest BCUT2D eigenvalue weighted by Gasteiger charge is 2.35. The molecule has 9 rings (SSSR count). The largest absolute Gasteiger partial charge is 0.454 e. The number of benzene rings is 6. The second-order valence-electron chi connectivity index (χ2n) is 12.5. The SMILES string of the molecule is CC1(C)c2ccccc2-c2ccc(N(c3ccc(-c4ccccc4)cc3)c3cnc4c(c3)oc3cc5ccccc5cc34)cc21. The summed E-state index contributed by atoms with van der Waals surface area (Å²) in [6.07, 6.45) is 1.98. The summed E-state index contributed by atoms with van der Waals surface area (Å²) < 4.78 is 6.46. The van der Waals surface area contributed by atoms with E-state index in [9.17, 15) is 0 Å². The lowest BCUT2D eigenvalue weighted by Gasteiger charge is -2.28. The molecule has 0 saturated carbocycles. The number of pyridine rings is 1. The molecule has 0 N–H and O–H groups in total. The maximum Gasteiger partial charge on any atom is 0.155 e. The van der Waals surface area contributed by atoms with E-state index in [2.05, 4.69) is 158 Å². The Morgan fingerprint density at radius 2 is 1.20 bits per heavy atom. The van der Waals surface area contributed by atoms with E-state index in [0.29, 0.717) is 0 Å². The number of aromatic nitrogens is 1. The molecule has 2 aromatic heterocycles. The third-order valence-electron chi connectivity index (χ3n) is 9.48. The van der Waals surface area contributed by atoms with Crippen molar-refractivity contribution in [3.8, 4) is 22.3 Å². The summed E-state index contributed by atoms with van der Waals surface area (Å²) in [5.74, 6) is 0. The topological polar surface area (TPSA) is 29.3 Å². The van der Waals surface area contributed by atoms with Crippen molar-refractivity contribution in [1.82, 2.24) is 4.98 Å². The van der Waals surface area contributed by atoms with Crippen LogP contribution in [0.15, 0.2) is 150 Å². The lowest BCUT2D eigenvalue weighted by molar-refractivity contribution is 0.660. The zero-order valence-corrected chi connectivity index (χ0v) is 25.2. The molecule has 45 heavy (non-hydrogen) atoms. The summed E-state index contributed by atoms with van der Waals surface area (Å²) in [4.78, 5) is 7.31. The van der Waals surface area contributed by atoms with Gasteiger partial charge in [-0.1, -0.05) is 111 Å². The highest BCUT2D eigenvalue weighted by molar-refractivity contribution is 6.09. The summed E-state index contributed by atoms with van der Waals surface area (Å²) in [7, 11) is 0. The van der Waals surface area contributed by atoms with Crippen LogP contribution in [0.3, 0.4) is 0 Å². The van der Waals surface area contributed by atoms with Crippen molar-refractivity contribution >= 4 is 49.9 Å². The Labute approximate surface area is 262 Å². The van der Waals surface area contributed by atoms with Crippen molar-refractivity contribution in [3.05, 3.63) is 157 Å². The van der Waals surface area contributed by atoms with Crippen molar-refractivity contribution in [2.45, 2.75) is 19.3 Å². The van der Waals surface area contributed by atoms with Crippen molar-refractivity contribution in [2.75, 3.05) is 4.90 Å². The van der Waals surface area contributed by atoms with Gasteiger partial charge in [0.25, 0.3) is 0 Å². The van der Waals surface area contributed by atoms with Gasteiger partial charge in [-0.2, -0.15) is 0 Å². The fourth-order valence-electron chi connectivity index (χ4n) is 7.16. The number of nitrogens with zero attached hydrogens (tertiary/aromatic N) is 2. The fourth-order valence-corrected chi connectivity index (χ4v) is 7.16. The summed E-state index contributed by atoms with van der Waals surface area (Å²) in [6.45, 7) is 4.65. The normalized spacial score (nSPS) is 13.3. The predicted octanol–water partition coefficient (Wildman–Crippen LogP) is 11.6. The number of anilines is 3. The molecule has 1 aliphatic rings. The summed E-state index contributed by atoms with van der Waals surface area (Å²) in [5.41, 5.74) is 13.2. The van der Waals surface area contributed by atoms with Crippen LogP contribution in [0.25, 0.3) is 55.1 Å². The summed E-state index contributed by atoms with van der Waals surface area (Å²) in [6, 6.07) is 49.8. The Morgan fingerprint density at radius 3 is 2.02 bits per heavy atom. The van der Waals surface area contributed by atoms with Crippen LogP contribution >= 0.6 is 0 Å². The number of fused-ring (bicyclic) bond motifs is 7. The molecule has 0 radical (unpaired) electrons. The van der Waals surface area contributed by atoms with Gasteiger partial charge >= 0.3 is 0 Å². The summed E-state index contributed by atoms with van der Waals surface area (Å²) >= 11 is 0. The van der Waals surface area contributed by atoms with Gasteiger partial charge in [0.1, 0.15) is 11.1 Å². The van der Waals surface area contributed by atoms with Gasteiger partial charge in [0, 0.05) is 28.2 Å². The third-order valence-corrected chi connectivity index (χ3v) is 9.48. The van der Waals surface area contributed by atoms with E-state index in [0.717, 1.165) is 44.5 Å². The van der Waals surface area contributed by atoms with E-state index in [1.807, 2.05) is 6.20 Å². The van der Waals surface area contributed by atoms with Crippen molar-refractivity contribution < 1.29 is 4.42 Å². The van der Waals surface area contributed by atoms with E-state index in [1.165, 1.54) is 38.8 Å². The minimum Gasteiger partial charge on any atom is -0.454 e. The highest BCUT2D eigenvalue weighted by Crippen LogP contribution is 2.50. The van der Waals surface area contributed by atoms with Crippen molar-refractivity contribution in [1.29, 1.82) is 0 Å². The highest BCUT2D eigenvalue weighted by atomic mass is 16.3. The van der Waals surface area contributed by atoms with E-state index in [1.54, 1.807) is 0 Å². The van der Waals surface area contributed by atoms with Crippen molar-refractivity contribution in [3.63, 3.8) is 0 Å². The van der Waals surface area contributed by atoms with Crippen LogP contribution in [0, 0.1) is 0 Å². The molecular weight excluding hydrogens is 548 g/mol. The first kappa shape index (κ1) is 25.8. The first-order valence-corrected chi connectivity index (χ1v) is 15.5. The molecule has 0 spiro atoms. The molecule has 2 heterocycles. The van der Waals surface area contributed by atoms with Gasteiger partial charge in [0.15, 0.2) is 5.58 Å². The van der Waals surface area contributed by atoms with E-state index < -0.39 is 0 Å². The molecule has 1 aliphatic carbocycles. The molecule has 0 bridgehead atoms. The Morgan fingerprint density at radius 1 is 0.533 bits per heavy atom. The lowest BCUT2D eigenvalue weighted by atomic mass is 9.82. The first-order valence-electron chi connectivity index (χ1n) is 15.5. The van der Waals surface area contributed by atoms with Gasteiger partial charge < -0.3 is 9.32 Å². The van der Waals surface area contributed by atoms with Gasteiger partial charge in [-0.05, 0) is 80.6 Å².